The normalized spacial score (nSPS) is 13.1. The van der Waals surface area contributed by atoms with Crippen LogP contribution in [-0.2, 0) is 6.42 Å². The molecule has 0 fully saturated rings. The van der Waals surface area contributed by atoms with Crippen molar-refractivity contribution in [3.63, 3.8) is 0 Å². The average molecular weight is 325 g/mol. The highest BCUT2D eigenvalue weighted by atomic mass is 32.2. The second-order valence-corrected chi connectivity index (χ2v) is 6.41. The maximum atomic E-state index is 9.94. The molecule has 0 unspecified atom stereocenters. The summed E-state index contributed by atoms with van der Waals surface area (Å²) in [7, 11) is 1.53. The van der Waals surface area contributed by atoms with Gasteiger partial charge in [-0.1, -0.05) is 0 Å². The number of ether oxygens (including phenoxy) is 1. The van der Waals surface area contributed by atoms with Crippen molar-refractivity contribution in [1.29, 1.82) is 0 Å². The number of hydrogen-bond acceptors (Lipinski definition) is 6. The summed E-state index contributed by atoms with van der Waals surface area (Å²) < 4.78 is 5.07. The van der Waals surface area contributed by atoms with Crippen LogP contribution in [0.1, 0.15) is 5.56 Å². The summed E-state index contributed by atoms with van der Waals surface area (Å²) in [5.74, 6) is 2.39. The van der Waals surface area contributed by atoms with E-state index >= 15 is 0 Å². The van der Waals surface area contributed by atoms with Gasteiger partial charge in [-0.3, -0.25) is 0 Å². The fraction of sp³-hybridized carbons (Fsp3) is 0.176. The van der Waals surface area contributed by atoms with Gasteiger partial charge in [0, 0.05) is 27.8 Å². The van der Waals surface area contributed by atoms with Crippen LogP contribution >= 0.6 is 11.8 Å². The van der Waals surface area contributed by atoms with Crippen molar-refractivity contribution in [3.8, 4) is 11.5 Å². The van der Waals surface area contributed by atoms with Gasteiger partial charge >= 0.3 is 0 Å². The molecule has 0 aliphatic carbocycles. The minimum absolute atomic E-state index is 0.0941. The van der Waals surface area contributed by atoms with E-state index < -0.39 is 0 Å². The number of nitrogens with one attached hydrogen (secondary N) is 1. The number of phenolic OH excluding ortho intramolecular Hbond substituents is 1. The van der Waals surface area contributed by atoms with Crippen molar-refractivity contribution in [2.24, 2.45) is 0 Å². The summed E-state index contributed by atoms with van der Waals surface area (Å²) >= 11 is 1.87. The van der Waals surface area contributed by atoms with Crippen molar-refractivity contribution in [2.75, 3.05) is 18.2 Å². The van der Waals surface area contributed by atoms with Crippen LogP contribution in [0.5, 0.6) is 11.5 Å². The molecule has 116 valence electrons. The standard InChI is InChI=1S/C17H15N3O2S/c1-22-14-4-2-10(8-13(14)21)20-17-16-11-6-7-23-15(11)5-3-12(16)18-9-19-17/h2-5,8-9,21H,6-7H2,1H3,(H,18,19,20). The molecule has 2 N–H and O–H groups in total. The third-order valence-corrected chi connectivity index (χ3v) is 5.02. The molecule has 0 saturated carbocycles. The topological polar surface area (TPSA) is 67.3 Å². The minimum atomic E-state index is 0.0941. The number of aromatic nitrogens is 2. The maximum absolute atomic E-state index is 9.94. The van der Waals surface area contributed by atoms with Gasteiger partial charge in [-0.2, -0.15) is 0 Å². The largest absolute Gasteiger partial charge is 0.504 e. The number of benzene rings is 2. The molecule has 0 spiro atoms. The number of phenols is 1. The molecule has 0 radical (unpaired) electrons. The first-order valence-corrected chi connectivity index (χ1v) is 8.28. The van der Waals surface area contributed by atoms with Crippen LogP contribution in [0.3, 0.4) is 0 Å². The molecule has 2 heterocycles. The quantitative estimate of drug-likeness (QED) is 0.765. The first-order chi connectivity index (χ1) is 11.3. The first kappa shape index (κ1) is 14.1. The van der Waals surface area contributed by atoms with Crippen LogP contribution in [0.25, 0.3) is 10.9 Å². The van der Waals surface area contributed by atoms with E-state index in [1.54, 1.807) is 18.5 Å². The number of thioether (sulfide) groups is 1. The molecule has 6 heteroatoms. The molecule has 1 aliphatic rings. The lowest BCUT2D eigenvalue weighted by molar-refractivity contribution is 0.373. The molecular formula is C17H15N3O2S. The molecule has 5 nitrogen and oxygen atoms in total. The summed E-state index contributed by atoms with van der Waals surface area (Å²) in [6.07, 6.45) is 2.58. The van der Waals surface area contributed by atoms with Gasteiger partial charge in [-0.15, -0.1) is 11.8 Å². The Bertz CT molecular complexity index is 898. The number of fused-ring (bicyclic) bond motifs is 3. The summed E-state index contributed by atoms with van der Waals surface area (Å²) in [5, 5.41) is 14.3. The van der Waals surface area contributed by atoms with Crippen LogP contribution in [0.15, 0.2) is 41.6 Å². The van der Waals surface area contributed by atoms with E-state index in [0.717, 1.165) is 34.6 Å². The van der Waals surface area contributed by atoms with E-state index in [4.69, 9.17) is 4.74 Å². The minimum Gasteiger partial charge on any atom is -0.504 e. The van der Waals surface area contributed by atoms with E-state index in [1.165, 1.54) is 17.6 Å². The Labute approximate surface area is 137 Å². The van der Waals surface area contributed by atoms with Crippen LogP contribution in [0, 0.1) is 0 Å². The highest BCUT2D eigenvalue weighted by Crippen LogP contribution is 2.39. The van der Waals surface area contributed by atoms with Crippen LogP contribution < -0.4 is 10.1 Å². The van der Waals surface area contributed by atoms with Crippen LogP contribution in [0.2, 0.25) is 0 Å². The predicted molar refractivity (Wildman–Crippen MR) is 91.9 cm³/mol. The number of hydrogen-bond donors (Lipinski definition) is 2. The fourth-order valence-electron chi connectivity index (χ4n) is 2.85. The van der Waals surface area contributed by atoms with Crippen molar-refractivity contribution in [3.05, 3.63) is 42.2 Å². The van der Waals surface area contributed by atoms with Gasteiger partial charge < -0.3 is 15.2 Å². The van der Waals surface area contributed by atoms with Gasteiger partial charge in [0.15, 0.2) is 11.5 Å². The zero-order valence-electron chi connectivity index (χ0n) is 12.5. The summed E-state index contributed by atoms with van der Waals surface area (Å²) in [5.41, 5.74) is 2.99. The van der Waals surface area contributed by atoms with E-state index in [2.05, 4.69) is 21.4 Å². The number of methoxy groups -OCH3 is 1. The third-order valence-electron chi connectivity index (χ3n) is 3.92. The average Bonchev–Trinajstić information content (AvgIpc) is 3.04. The van der Waals surface area contributed by atoms with Crippen LogP contribution in [0.4, 0.5) is 11.5 Å². The first-order valence-electron chi connectivity index (χ1n) is 7.29. The van der Waals surface area contributed by atoms with Gasteiger partial charge in [0.2, 0.25) is 0 Å². The fourth-order valence-corrected chi connectivity index (χ4v) is 3.92. The van der Waals surface area contributed by atoms with E-state index in [0.29, 0.717) is 5.75 Å². The van der Waals surface area contributed by atoms with E-state index in [-0.39, 0.29) is 5.75 Å². The molecule has 0 amide bonds. The lowest BCUT2D eigenvalue weighted by atomic mass is 10.1. The number of aryl methyl sites for hydroxylation is 1. The Morgan fingerprint density at radius 2 is 2.13 bits per heavy atom. The van der Waals surface area contributed by atoms with Crippen molar-refractivity contribution < 1.29 is 9.84 Å². The number of aromatic hydroxyl groups is 1. The van der Waals surface area contributed by atoms with Crippen molar-refractivity contribution in [2.45, 2.75) is 11.3 Å². The Morgan fingerprint density at radius 1 is 1.22 bits per heavy atom. The molecule has 1 aliphatic heterocycles. The van der Waals surface area contributed by atoms with E-state index in [9.17, 15) is 5.11 Å². The molecule has 3 aromatic rings. The second-order valence-electron chi connectivity index (χ2n) is 5.27. The third kappa shape index (κ3) is 2.45. The lowest BCUT2D eigenvalue weighted by Gasteiger charge is -2.12. The molecule has 4 rings (SSSR count). The smallest absolute Gasteiger partial charge is 0.160 e. The Balaban J connectivity index is 1.80. The van der Waals surface area contributed by atoms with E-state index in [1.807, 2.05) is 23.9 Å². The lowest BCUT2D eigenvalue weighted by Crippen LogP contribution is -1.99. The molecule has 0 atom stereocenters. The molecule has 1 aromatic heterocycles. The molecule has 2 aromatic carbocycles. The number of anilines is 2. The summed E-state index contributed by atoms with van der Waals surface area (Å²) in [6.45, 7) is 0. The number of nitrogens with zero attached hydrogens (tertiary/aromatic N) is 2. The summed E-state index contributed by atoms with van der Waals surface area (Å²) in [6, 6.07) is 9.37. The SMILES string of the molecule is COc1ccc(Nc2ncnc3ccc4c(c23)CCS4)cc1O. The Hall–Kier alpha value is -2.47. The van der Waals surface area contributed by atoms with Gasteiger partial charge in [-0.05, 0) is 36.2 Å². The highest BCUT2D eigenvalue weighted by Gasteiger charge is 2.18. The number of rotatable bonds is 3. The van der Waals surface area contributed by atoms with Crippen molar-refractivity contribution in [1.82, 2.24) is 9.97 Å². The monoisotopic (exact) mass is 325 g/mol. The molecule has 23 heavy (non-hydrogen) atoms. The zero-order chi connectivity index (χ0) is 15.8. The second kappa shape index (κ2) is 5.62. The van der Waals surface area contributed by atoms with Gasteiger partial charge in [0.25, 0.3) is 0 Å². The Kier molecular flexibility index (Phi) is 3.46. The molecule has 0 bridgehead atoms. The van der Waals surface area contributed by atoms with Gasteiger partial charge in [0.05, 0.1) is 12.6 Å². The van der Waals surface area contributed by atoms with Gasteiger partial charge in [-0.25, -0.2) is 9.97 Å². The Morgan fingerprint density at radius 3 is 2.96 bits per heavy atom. The molecule has 0 saturated heterocycles. The predicted octanol–water partition coefficient (Wildman–Crippen LogP) is 3.74. The van der Waals surface area contributed by atoms with Gasteiger partial charge in [0.1, 0.15) is 12.1 Å². The summed E-state index contributed by atoms with van der Waals surface area (Å²) in [4.78, 5) is 10.1. The van der Waals surface area contributed by atoms with Crippen LogP contribution in [-0.4, -0.2) is 27.9 Å². The maximum Gasteiger partial charge on any atom is 0.160 e. The highest BCUT2D eigenvalue weighted by molar-refractivity contribution is 7.99. The molecular weight excluding hydrogens is 310 g/mol. The zero-order valence-corrected chi connectivity index (χ0v) is 13.4. The van der Waals surface area contributed by atoms with Crippen molar-refractivity contribution >= 4 is 34.2 Å².